The highest BCUT2D eigenvalue weighted by Crippen LogP contribution is 2.23. The Morgan fingerprint density at radius 1 is 1.38 bits per heavy atom. The zero-order valence-electron chi connectivity index (χ0n) is 10.9. The third-order valence-corrected chi connectivity index (χ3v) is 3.87. The molecule has 0 atom stereocenters. The standard InChI is InChI=1S/C12H22BrN3/c1-6-14-7-12(4,5)8-16-10(3)11(13)9(2)15-16/h14H,6-8H2,1-5H3. The molecule has 0 aliphatic carbocycles. The lowest BCUT2D eigenvalue weighted by Crippen LogP contribution is -2.33. The van der Waals surface area contributed by atoms with Gasteiger partial charge in [0.1, 0.15) is 0 Å². The summed E-state index contributed by atoms with van der Waals surface area (Å²) in [5.74, 6) is 0. The van der Waals surface area contributed by atoms with Gasteiger partial charge in [0.15, 0.2) is 0 Å². The molecule has 1 N–H and O–H groups in total. The Bertz CT molecular complexity index is 355. The van der Waals surface area contributed by atoms with Gasteiger partial charge < -0.3 is 5.32 Å². The SMILES string of the molecule is CCNCC(C)(C)Cn1nc(C)c(Br)c1C. The molecule has 0 aliphatic heterocycles. The van der Waals surface area contributed by atoms with Crippen LogP contribution in [0.15, 0.2) is 4.47 Å². The summed E-state index contributed by atoms with van der Waals surface area (Å²) in [5, 5.41) is 7.94. The van der Waals surface area contributed by atoms with E-state index in [1.807, 2.05) is 6.92 Å². The van der Waals surface area contributed by atoms with Gasteiger partial charge in [0.2, 0.25) is 0 Å². The van der Waals surface area contributed by atoms with Crippen molar-refractivity contribution in [2.75, 3.05) is 13.1 Å². The van der Waals surface area contributed by atoms with E-state index < -0.39 is 0 Å². The van der Waals surface area contributed by atoms with Gasteiger partial charge in [-0.15, -0.1) is 0 Å². The Balaban J connectivity index is 2.75. The highest BCUT2D eigenvalue weighted by Gasteiger charge is 2.20. The summed E-state index contributed by atoms with van der Waals surface area (Å²) < 4.78 is 3.23. The van der Waals surface area contributed by atoms with Crippen molar-refractivity contribution in [3.8, 4) is 0 Å². The van der Waals surface area contributed by atoms with Crippen molar-refractivity contribution in [1.29, 1.82) is 0 Å². The number of nitrogens with one attached hydrogen (secondary N) is 1. The first-order chi connectivity index (χ1) is 7.37. The van der Waals surface area contributed by atoms with Gasteiger partial charge in [0.25, 0.3) is 0 Å². The molecule has 3 nitrogen and oxygen atoms in total. The molecule has 4 heteroatoms. The third-order valence-electron chi connectivity index (χ3n) is 2.72. The van der Waals surface area contributed by atoms with Crippen molar-refractivity contribution < 1.29 is 0 Å². The minimum Gasteiger partial charge on any atom is -0.316 e. The van der Waals surface area contributed by atoms with Crippen LogP contribution in [0.3, 0.4) is 0 Å². The molecule has 1 heterocycles. The zero-order chi connectivity index (χ0) is 12.3. The van der Waals surface area contributed by atoms with E-state index in [-0.39, 0.29) is 5.41 Å². The molecule has 0 spiro atoms. The first kappa shape index (κ1) is 13.7. The van der Waals surface area contributed by atoms with Crippen LogP contribution in [-0.4, -0.2) is 22.9 Å². The molecule has 0 amide bonds. The van der Waals surface area contributed by atoms with Gasteiger partial charge in [-0.1, -0.05) is 20.8 Å². The Morgan fingerprint density at radius 2 is 2.00 bits per heavy atom. The van der Waals surface area contributed by atoms with E-state index in [4.69, 9.17) is 0 Å². The van der Waals surface area contributed by atoms with E-state index >= 15 is 0 Å². The van der Waals surface area contributed by atoms with Crippen molar-refractivity contribution >= 4 is 15.9 Å². The van der Waals surface area contributed by atoms with Gasteiger partial charge in [0, 0.05) is 18.8 Å². The largest absolute Gasteiger partial charge is 0.316 e. The van der Waals surface area contributed by atoms with Crippen molar-refractivity contribution in [1.82, 2.24) is 15.1 Å². The molecule has 0 saturated heterocycles. The van der Waals surface area contributed by atoms with E-state index in [2.05, 4.69) is 58.7 Å². The monoisotopic (exact) mass is 287 g/mol. The van der Waals surface area contributed by atoms with Gasteiger partial charge >= 0.3 is 0 Å². The van der Waals surface area contributed by atoms with Crippen molar-refractivity contribution in [3.05, 3.63) is 15.9 Å². The van der Waals surface area contributed by atoms with Crippen molar-refractivity contribution in [2.24, 2.45) is 5.41 Å². The Kier molecular flexibility index (Phi) is 4.56. The molecule has 0 aromatic carbocycles. The van der Waals surface area contributed by atoms with Gasteiger partial charge in [-0.25, -0.2) is 0 Å². The number of hydrogen-bond acceptors (Lipinski definition) is 2. The molecule has 92 valence electrons. The lowest BCUT2D eigenvalue weighted by atomic mass is 9.93. The fourth-order valence-corrected chi connectivity index (χ4v) is 2.04. The summed E-state index contributed by atoms with van der Waals surface area (Å²) >= 11 is 3.56. The van der Waals surface area contributed by atoms with Gasteiger partial charge in [-0.2, -0.15) is 5.10 Å². The van der Waals surface area contributed by atoms with Crippen LogP contribution in [0.2, 0.25) is 0 Å². The minimum atomic E-state index is 0.221. The molecule has 1 aromatic heterocycles. The Labute approximate surface area is 107 Å². The summed E-state index contributed by atoms with van der Waals surface area (Å²) in [4.78, 5) is 0. The van der Waals surface area contributed by atoms with Gasteiger partial charge in [-0.05, 0) is 41.7 Å². The van der Waals surface area contributed by atoms with E-state index in [0.29, 0.717) is 0 Å². The van der Waals surface area contributed by atoms with Crippen LogP contribution in [0.1, 0.15) is 32.2 Å². The summed E-state index contributed by atoms with van der Waals surface area (Å²) in [6.45, 7) is 13.8. The molecule has 16 heavy (non-hydrogen) atoms. The minimum absolute atomic E-state index is 0.221. The average molecular weight is 288 g/mol. The number of rotatable bonds is 5. The van der Waals surface area contributed by atoms with Crippen LogP contribution in [0.4, 0.5) is 0 Å². The van der Waals surface area contributed by atoms with Crippen LogP contribution in [-0.2, 0) is 6.54 Å². The third kappa shape index (κ3) is 3.32. The maximum Gasteiger partial charge on any atom is 0.0738 e. The fraction of sp³-hybridized carbons (Fsp3) is 0.750. The fourth-order valence-electron chi connectivity index (χ4n) is 1.75. The first-order valence-corrected chi connectivity index (χ1v) is 6.57. The molecule has 0 saturated carbocycles. The van der Waals surface area contributed by atoms with Crippen LogP contribution < -0.4 is 5.32 Å². The lowest BCUT2D eigenvalue weighted by molar-refractivity contribution is 0.275. The Hall–Kier alpha value is -0.350. The Morgan fingerprint density at radius 3 is 2.44 bits per heavy atom. The molecule has 0 unspecified atom stereocenters. The summed E-state index contributed by atoms with van der Waals surface area (Å²) in [6, 6.07) is 0. The number of hydrogen-bond donors (Lipinski definition) is 1. The molecule has 0 radical (unpaired) electrons. The molecule has 0 aliphatic rings. The summed E-state index contributed by atoms with van der Waals surface area (Å²) in [7, 11) is 0. The van der Waals surface area contributed by atoms with Crippen LogP contribution >= 0.6 is 15.9 Å². The number of halogens is 1. The normalized spacial score (nSPS) is 12.1. The molecule has 1 rings (SSSR count). The highest BCUT2D eigenvalue weighted by molar-refractivity contribution is 9.10. The molecule has 0 fully saturated rings. The highest BCUT2D eigenvalue weighted by atomic mass is 79.9. The van der Waals surface area contributed by atoms with E-state index in [0.717, 1.165) is 29.8 Å². The molecule has 1 aromatic rings. The van der Waals surface area contributed by atoms with E-state index in [1.54, 1.807) is 0 Å². The quantitative estimate of drug-likeness (QED) is 0.903. The van der Waals surface area contributed by atoms with Gasteiger partial charge in [-0.3, -0.25) is 4.68 Å². The lowest BCUT2D eigenvalue weighted by Gasteiger charge is -2.25. The van der Waals surface area contributed by atoms with Crippen LogP contribution in [0, 0.1) is 19.3 Å². The number of nitrogens with zero attached hydrogens (tertiary/aromatic N) is 2. The van der Waals surface area contributed by atoms with Gasteiger partial charge in [0.05, 0.1) is 10.2 Å². The smallest absolute Gasteiger partial charge is 0.0738 e. The van der Waals surface area contributed by atoms with E-state index in [1.165, 1.54) is 5.69 Å². The average Bonchev–Trinajstić information content (AvgIpc) is 2.43. The van der Waals surface area contributed by atoms with Crippen molar-refractivity contribution in [3.63, 3.8) is 0 Å². The molecular weight excluding hydrogens is 266 g/mol. The predicted octanol–water partition coefficient (Wildman–Crippen LogP) is 2.90. The predicted molar refractivity (Wildman–Crippen MR) is 71.7 cm³/mol. The molecular formula is C12H22BrN3. The topological polar surface area (TPSA) is 29.9 Å². The van der Waals surface area contributed by atoms with E-state index in [9.17, 15) is 0 Å². The number of aryl methyl sites for hydroxylation is 1. The maximum atomic E-state index is 4.55. The van der Waals surface area contributed by atoms with Crippen LogP contribution in [0.25, 0.3) is 0 Å². The second-order valence-corrected chi connectivity index (χ2v) is 5.88. The van der Waals surface area contributed by atoms with Crippen LogP contribution in [0.5, 0.6) is 0 Å². The molecule has 0 bridgehead atoms. The summed E-state index contributed by atoms with van der Waals surface area (Å²) in [5.41, 5.74) is 2.50. The second-order valence-electron chi connectivity index (χ2n) is 5.09. The first-order valence-electron chi connectivity index (χ1n) is 5.77. The zero-order valence-corrected chi connectivity index (χ0v) is 12.5. The summed E-state index contributed by atoms with van der Waals surface area (Å²) in [6.07, 6.45) is 0. The second kappa shape index (κ2) is 5.32. The van der Waals surface area contributed by atoms with Crippen molar-refractivity contribution in [2.45, 2.75) is 41.2 Å². The number of aromatic nitrogens is 2. The maximum absolute atomic E-state index is 4.55.